The maximum atomic E-state index is 5.64. The van der Waals surface area contributed by atoms with Crippen LogP contribution < -0.4 is 5.32 Å². The first kappa shape index (κ1) is 16.4. The normalized spacial score (nSPS) is 20.1. The molecule has 1 saturated carbocycles. The van der Waals surface area contributed by atoms with Gasteiger partial charge in [0.25, 0.3) is 0 Å². The molecule has 1 fully saturated rings. The number of fused-ring (bicyclic) bond motifs is 2. The van der Waals surface area contributed by atoms with Crippen LogP contribution in [0.3, 0.4) is 0 Å². The van der Waals surface area contributed by atoms with Crippen LogP contribution in [0.5, 0.6) is 0 Å². The topological polar surface area (TPSA) is 38.1 Å². The van der Waals surface area contributed by atoms with Crippen molar-refractivity contribution in [2.45, 2.75) is 38.1 Å². The van der Waals surface area contributed by atoms with E-state index in [0.29, 0.717) is 12.0 Å². The number of hydrogen-bond acceptors (Lipinski definition) is 3. The zero-order chi connectivity index (χ0) is 18.1. The number of benzene rings is 2. The largest absolute Gasteiger partial charge is 0.469 e. The van der Waals surface area contributed by atoms with Crippen molar-refractivity contribution in [2.75, 3.05) is 5.32 Å². The van der Waals surface area contributed by atoms with Crippen LogP contribution >= 0.6 is 0 Å². The molecule has 1 aliphatic rings. The predicted octanol–water partition coefficient (Wildman–Crippen LogP) is 6.19. The maximum Gasteiger partial charge on any atom is 0.104 e. The molecule has 2 atom stereocenters. The summed E-state index contributed by atoms with van der Waals surface area (Å²) in [7, 11) is 0. The molecule has 4 aromatic rings. The van der Waals surface area contributed by atoms with E-state index in [-0.39, 0.29) is 0 Å². The van der Waals surface area contributed by atoms with Gasteiger partial charge in [-0.2, -0.15) is 0 Å². The summed E-state index contributed by atoms with van der Waals surface area (Å²) in [5.74, 6) is 1.69. The Kier molecular flexibility index (Phi) is 4.29. The van der Waals surface area contributed by atoms with E-state index in [4.69, 9.17) is 9.40 Å². The Morgan fingerprint density at radius 1 is 0.852 bits per heavy atom. The molecule has 0 unspecified atom stereocenters. The van der Waals surface area contributed by atoms with Crippen molar-refractivity contribution < 1.29 is 4.42 Å². The first-order valence-corrected chi connectivity index (χ1v) is 9.95. The van der Waals surface area contributed by atoms with Gasteiger partial charge in [-0.05, 0) is 43.0 Å². The Morgan fingerprint density at radius 2 is 1.56 bits per heavy atom. The van der Waals surface area contributed by atoms with E-state index in [0.717, 1.165) is 23.2 Å². The van der Waals surface area contributed by atoms with Crippen molar-refractivity contribution >= 4 is 27.5 Å². The Hall–Kier alpha value is -2.81. The average molecular weight is 356 g/mol. The second-order valence-electron chi connectivity index (χ2n) is 7.60. The van der Waals surface area contributed by atoms with Gasteiger partial charge in [0, 0.05) is 23.2 Å². The van der Waals surface area contributed by atoms with E-state index in [1.165, 1.54) is 42.1 Å². The minimum Gasteiger partial charge on any atom is -0.469 e. The summed E-state index contributed by atoms with van der Waals surface area (Å²) in [6, 6.07) is 21.5. The SMILES string of the molecule is c1coc(C[C@H]2CCCC[C@@H]2Nc2c3ccccc3nc3ccccc23)c1. The highest BCUT2D eigenvalue weighted by Gasteiger charge is 2.27. The van der Waals surface area contributed by atoms with Crippen molar-refractivity contribution in [3.8, 4) is 0 Å². The fraction of sp³-hybridized carbons (Fsp3) is 0.292. The first-order valence-electron chi connectivity index (χ1n) is 9.95. The smallest absolute Gasteiger partial charge is 0.104 e. The van der Waals surface area contributed by atoms with Crippen molar-refractivity contribution in [3.63, 3.8) is 0 Å². The number of furan rings is 1. The number of nitrogens with one attached hydrogen (secondary N) is 1. The Bertz CT molecular complexity index is 1000. The van der Waals surface area contributed by atoms with Crippen LogP contribution in [0.2, 0.25) is 0 Å². The third-order valence-electron chi connectivity index (χ3n) is 5.87. The van der Waals surface area contributed by atoms with E-state index in [2.05, 4.69) is 59.9 Å². The van der Waals surface area contributed by atoms with Crippen molar-refractivity contribution in [1.82, 2.24) is 4.98 Å². The highest BCUT2D eigenvalue weighted by Crippen LogP contribution is 2.35. The highest BCUT2D eigenvalue weighted by atomic mass is 16.3. The molecule has 2 aromatic heterocycles. The lowest BCUT2D eigenvalue weighted by atomic mass is 9.81. The van der Waals surface area contributed by atoms with Crippen LogP contribution in [0.1, 0.15) is 31.4 Å². The molecular formula is C24H24N2O. The molecule has 0 radical (unpaired) electrons. The quantitative estimate of drug-likeness (QED) is 0.443. The van der Waals surface area contributed by atoms with E-state index in [1.54, 1.807) is 6.26 Å². The second kappa shape index (κ2) is 7.07. The number of nitrogens with zero attached hydrogens (tertiary/aromatic N) is 1. The van der Waals surface area contributed by atoms with Gasteiger partial charge >= 0.3 is 0 Å². The number of rotatable bonds is 4. The summed E-state index contributed by atoms with van der Waals surface area (Å²) < 4.78 is 5.64. The van der Waals surface area contributed by atoms with E-state index in [1.807, 2.05) is 6.07 Å². The van der Waals surface area contributed by atoms with Gasteiger partial charge in [-0.15, -0.1) is 0 Å². The molecule has 3 heteroatoms. The van der Waals surface area contributed by atoms with Crippen molar-refractivity contribution in [3.05, 3.63) is 72.7 Å². The zero-order valence-electron chi connectivity index (χ0n) is 15.4. The van der Waals surface area contributed by atoms with Crippen molar-refractivity contribution in [1.29, 1.82) is 0 Å². The number of pyridine rings is 1. The molecule has 1 N–H and O–H groups in total. The molecule has 27 heavy (non-hydrogen) atoms. The first-order chi connectivity index (χ1) is 13.4. The summed E-state index contributed by atoms with van der Waals surface area (Å²) in [6.45, 7) is 0. The molecule has 0 amide bonds. The minimum absolute atomic E-state index is 0.457. The monoisotopic (exact) mass is 356 g/mol. The number of hydrogen-bond donors (Lipinski definition) is 1. The zero-order valence-corrected chi connectivity index (χ0v) is 15.4. The summed E-state index contributed by atoms with van der Waals surface area (Å²) in [6.07, 6.45) is 7.83. The van der Waals surface area contributed by atoms with Gasteiger partial charge in [0.15, 0.2) is 0 Å². The molecule has 0 aliphatic heterocycles. The summed E-state index contributed by atoms with van der Waals surface area (Å²) in [5.41, 5.74) is 3.33. The highest BCUT2D eigenvalue weighted by molar-refractivity contribution is 6.07. The van der Waals surface area contributed by atoms with Crippen molar-refractivity contribution in [2.24, 2.45) is 5.92 Å². The molecule has 1 aliphatic carbocycles. The van der Waals surface area contributed by atoms with Gasteiger partial charge in [-0.25, -0.2) is 4.98 Å². The fourth-order valence-corrected chi connectivity index (χ4v) is 4.51. The number of anilines is 1. The molecule has 2 heterocycles. The van der Waals surface area contributed by atoms with Gasteiger partial charge < -0.3 is 9.73 Å². The number of aromatic nitrogens is 1. The third kappa shape index (κ3) is 3.18. The van der Waals surface area contributed by atoms with Gasteiger partial charge in [0.1, 0.15) is 5.76 Å². The molecule has 136 valence electrons. The molecule has 0 saturated heterocycles. The predicted molar refractivity (Wildman–Crippen MR) is 111 cm³/mol. The molecule has 0 bridgehead atoms. The summed E-state index contributed by atoms with van der Waals surface area (Å²) in [5, 5.41) is 6.36. The second-order valence-corrected chi connectivity index (χ2v) is 7.60. The number of para-hydroxylation sites is 2. The average Bonchev–Trinajstić information content (AvgIpc) is 3.22. The lowest BCUT2D eigenvalue weighted by Crippen LogP contribution is -2.33. The van der Waals surface area contributed by atoms with E-state index in [9.17, 15) is 0 Å². The summed E-state index contributed by atoms with van der Waals surface area (Å²) >= 11 is 0. The van der Waals surface area contributed by atoms with E-state index >= 15 is 0 Å². The third-order valence-corrected chi connectivity index (χ3v) is 5.87. The molecular weight excluding hydrogens is 332 g/mol. The molecule has 2 aromatic carbocycles. The van der Waals surface area contributed by atoms with Crippen LogP contribution in [-0.2, 0) is 6.42 Å². The van der Waals surface area contributed by atoms with Gasteiger partial charge in [-0.1, -0.05) is 49.2 Å². The summed E-state index contributed by atoms with van der Waals surface area (Å²) in [4.78, 5) is 4.86. The van der Waals surface area contributed by atoms with Gasteiger partial charge in [0.05, 0.1) is 23.0 Å². The van der Waals surface area contributed by atoms with Crippen LogP contribution in [0, 0.1) is 5.92 Å². The van der Waals surface area contributed by atoms with Crippen LogP contribution in [0.4, 0.5) is 5.69 Å². The van der Waals surface area contributed by atoms with Gasteiger partial charge in [0.2, 0.25) is 0 Å². The van der Waals surface area contributed by atoms with E-state index < -0.39 is 0 Å². The Labute approximate surface area is 159 Å². The van der Waals surface area contributed by atoms with Crippen LogP contribution in [-0.4, -0.2) is 11.0 Å². The lowest BCUT2D eigenvalue weighted by Gasteiger charge is -2.33. The minimum atomic E-state index is 0.457. The van der Waals surface area contributed by atoms with Gasteiger partial charge in [-0.3, -0.25) is 0 Å². The Morgan fingerprint density at radius 3 is 2.26 bits per heavy atom. The Balaban J connectivity index is 1.55. The van der Waals surface area contributed by atoms with Crippen LogP contribution in [0.25, 0.3) is 21.8 Å². The molecule has 5 rings (SSSR count). The lowest BCUT2D eigenvalue weighted by molar-refractivity contribution is 0.306. The molecule has 3 nitrogen and oxygen atoms in total. The standard InChI is InChI=1S/C24H24N2O/c1-4-12-21(17(8-1)16-18-9-7-15-27-18)26-24-19-10-2-5-13-22(19)25-23-14-6-3-11-20(23)24/h2-3,5-7,9-11,13-15,17,21H,1,4,8,12,16H2,(H,25,26)/t17-,21+/m1/s1. The molecule has 0 spiro atoms. The maximum absolute atomic E-state index is 5.64. The fourth-order valence-electron chi connectivity index (χ4n) is 4.51. The van der Waals surface area contributed by atoms with Crippen LogP contribution in [0.15, 0.2) is 71.3 Å².